The average molecular weight is 412 g/mol. The Bertz CT molecular complexity index is 887. The zero-order valence-corrected chi connectivity index (χ0v) is 18.2. The molecule has 0 aliphatic carbocycles. The molecule has 2 aromatic rings. The van der Waals surface area contributed by atoms with Gasteiger partial charge in [0.2, 0.25) is 10.0 Å². The molecule has 0 radical (unpaired) electrons. The van der Waals surface area contributed by atoms with Gasteiger partial charge in [0.05, 0.1) is 21.7 Å². The molecular weight excluding hydrogens is 382 g/mol. The second-order valence-electron chi connectivity index (χ2n) is 6.32. The van der Waals surface area contributed by atoms with Gasteiger partial charge in [0.1, 0.15) is 5.78 Å². The van der Waals surface area contributed by atoms with E-state index in [2.05, 4.69) is 16.5 Å². The number of nitrogens with zero attached hydrogens (tertiary/aromatic N) is 3. The summed E-state index contributed by atoms with van der Waals surface area (Å²) in [6.45, 7) is 9.31. The number of aromatic nitrogens is 2. The maximum Gasteiger partial charge on any atom is 0.243 e. The van der Waals surface area contributed by atoms with E-state index < -0.39 is 10.0 Å². The standard InChI is InChI=1S/C19H29N3O3S2/c1-5-9-12-22-18-11-10-16(27(24,25)21(7-3)8-4)13-17(18)20-19(22)26-14-15(23)6-2/h10-11,13H,5-9,12,14H2,1-4H3. The van der Waals surface area contributed by atoms with Crippen molar-refractivity contribution in [2.24, 2.45) is 0 Å². The van der Waals surface area contributed by atoms with Crippen LogP contribution in [0, 0.1) is 0 Å². The largest absolute Gasteiger partial charge is 0.319 e. The van der Waals surface area contributed by atoms with Crippen molar-refractivity contribution in [1.82, 2.24) is 13.9 Å². The lowest BCUT2D eigenvalue weighted by Crippen LogP contribution is -2.30. The average Bonchev–Trinajstić information content (AvgIpc) is 3.01. The van der Waals surface area contributed by atoms with E-state index in [9.17, 15) is 13.2 Å². The maximum absolute atomic E-state index is 12.8. The topological polar surface area (TPSA) is 72.3 Å². The lowest BCUT2D eigenvalue weighted by atomic mass is 10.3. The van der Waals surface area contributed by atoms with Gasteiger partial charge in [0, 0.05) is 26.1 Å². The molecule has 1 heterocycles. The van der Waals surface area contributed by atoms with E-state index >= 15 is 0 Å². The number of sulfonamides is 1. The SMILES string of the molecule is CCCCn1c(SCC(=O)CC)nc2cc(S(=O)(=O)N(CC)CC)ccc21. The molecule has 0 fully saturated rings. The number of hydrogen-bond acceptors (Lipinski definition) is 5. The first kappa shape index (κ1) is 21.9. The predicted molar refractivity (Wildman–Crippen MR) is 111 cm³/mol. The number of ketones is 1. The van der Waals surface area contributed by atoms with Crippen molar-refractivity contribution in [3.63, 3.8) is 0 Å². The lowest BCUT2D eigenvalue weighted by molar-refractivity contribution is -0.116. The molecule has 1 aromatic carbocycles. The third kappa shape index (κ3) is 4.92. The van der Waals surface area contributed by atoms with Gasteiger partial charge in [-0.05, 0) is 24.6 Å². The lowest BCUT2D eigenvalue weighted by Gasteiger charge is -2.18. The van der Waals surface area contributed by atoms with Crippen LogP contribution in [0.15, 0.2) is 28.3 Å². The number of imidazole rings is 1. The van der Waals surface area contributed by atoms with Gasteiger partial charge in [-0.1, -0.05) is 45.9 Å². The summed E-state index contributed by atoms with van der Waals surface area (Å²) in [7, 11) is -3.52. The predicted octanol–water partition coefficient (Wildman–Crippen LogP) is 3.94. The number of hydrogen-bond donors (Lipinski definition) is 0. The molecule has 1 aromatic heterocycles. The molecule has 0 unspecified atom stereocenters. The molecule has 0 bridgehead atoms. The highest BCUT2D eigenvalue weighted by Gasteiger charge is 2.23. The zero-order chi connectivity index (χ0) is 20.0. The van der Waals surface area contributed by atoms with E-state index in [0.29, 0.717) is 30.8 Å². The van der Waals surface area contributed by atoms with E-state index in [1.54, 1.807) is 12.1 Å². The molecule has 0 aliphatic rings. The van der Waals surface area contributed by atoms with Crippen molar-refractivity contribution < 1.29 is 13.2 Å². The van der Waals surface area contributed by atoms with Gasteiger partial charge >= 0.3 is 0 Å². The molecule has 2 rings (SSSR count). The van der Waals surface area contributed by atoms with Crippen molar-refractivity contribution in [3.8, 4) is 0 Å². The van der Waals surface area contributed by atoms with Crippen LogP contribution in [0.4, 0.5) is 0 Å². The monoisotopic (exact) mass is 411 g/mol. The minimum Gasteiger partial charge on any atom is -0.319 e. The molecule has 0 amide bonds. The normalized spacial score (nSPS) is 12.2. The van der Waals surface area contributed by atoms with Crippen LogP contribution in [0.2, 0.25) is 0 Å². The van der Waals surface area contributed by atoms with Crippen LogP contribution in [0.5, 0.6) is 0 Å². The summed E-state index contributed by atoms with van der Waals surface area (Å²) in [6.07, 6.45) is 2.56. The fourth-order valence-electron chi connectivity index (χ4n) is 2.85. The fourth-order valence-corrected chi connectivity index (χ4v) is 5.33. The number of unbranched alkanes of at least 4 members (excludes halogenated alkanes) is 1. The van der Waals surface area contributed by atoms with Crippen LogP contribution in [0.3, 0.4) is 0 Å². The molecule has 0 spiro atoms. The van der Waals surface area contributed by atoms with E-state index in [1.807, 2.05) is 26.8 Å². The molecule has 0 saturated carbocycles. The molecular formula is C19H29N3O3S2. The van der Waals surface area contributed by atoms with Gasteiger partial charge in [-0.2, -0.15) is 4.31 Å². The van der Waals surface area contributed by atoms with Gasteiger partial charge in [-0.3, -0.25) is 4.79 Å². The smallest absolute Gasteiger partial charge is 0.243 e. The number of fused-ring (bicyclic) bond motifs is 1. The van der Waals surface area contributed by atoms with Gasteiger partial charge in [0.15, 0.2) is 5.16 Å². The van der Waals surface area contributed by atoms with E-state index in [4.69, 9.17) is 0 Å². The molecule has 0 aliphatic heterocycles. The Kier molecular flexibility index (Phi) is 7.88. The third-order valence-corrected chi connectivity index (χ3v) is 7.60. The van der Waals surface area contributed by atoms with Crippen LogP contribution < -0.4 is 0 Å². The summed E-state index contributed by atoms with van der Waals surface area (Å²) in [5.41, 5.74) is 1.57. The Hall–Kier alpha value is -1.38. The van der Waals surface area contributed by atoms with E-state index in [0.717, 1.165) is 30.1 Å². The Balaban J connectivity index is 2.47. The molecule has 0 N–H and O–H groups in total. The number of carbonyl (C=O) groups is 1. The zero-order valence-electron chi connectivity index (χ0n) is 16.6. The second kappa shape index (κ2) is 9.71. The summed E-state index contributed by atoms with van der Waals surface area (Å²) >= 11 is 1.43. The minimum absolute atomic E-state index is 0.180. The Morgan fingerprint density at radius 2 is 1.89 bits per heavy atom. The van der Waals surface area contributed by atoms with Crippen LogP contribution in [-0.4, -0.2) is 46.9 Å². The van der Waals surface area contributed by atoms with Crippen molar-refractivity contribution in [2.45, 2.75) is 63.6 Å². The van der Waals surface area contributed by atoms with E-state index in [1.165, 1.54) is 16.1 Å². The third-order valence-electron chi connectivity index (χ3n) is 4.52. The Morgan fingerprint density at radius 1 is 1.19 bits per heavy atom. The summed E-state index contributed by atoms with van der Waals surface area (Å²) in [5.74, 6) is 0.565. The molecule has 150 valence electrons. The number of Topliss-reactive ketones (excluding diaryl/α,β-unsaturated/α-hetero) is 1. The number of rotatable bonds is 11. The summed E-state index contributed by atoms with van der Waals surface area (Å²) in [6, 6.07) is 5.14. The van der Waals surface area contributed by atoms with Crippen LogP contribution in [0.1, 0.15) is 47.0 Å². The highest BCUT2D eigenvalue weighted by Crippen LogP contribution is 2.28. The quantitative estimate of drug-likeness (QED) is 0.524. The second-order valence-corrected chi connectivity index (χ2v) is 9.20. The highest BCUT2D eigenvalue weighted by molar-refractivity contribution is 7.99. The molecule has 0 saturated heterocycles. The molecule has 0 atom stereocenters. The van der Waals surface area contributed by atoms with E-state index in [-0.39, 0.29) is 10.7 Å². The van der Waals surface area contributed by atoms with Crippen molar-refractivity contribution in [3.05, 3.63) is 18.2 Å². The summed E-state index contributed by atoms with van der Waals surface area (Å²) < 4.78 is 29.1. The maximum atomic E-state index is 12.8. The van der Waals surface area contributed by atoms with Crippen LogP contribution in [-0.2, 0) is 21.4 Å². The molecule has 6 nitrogen and oxygen atoms in total. The van der Waals surface area contributed by atoms with Crippen molar-refractivity contribution in [2.75, 3.05) is 18.8 Å². The highest BCUT2D eigenvalue weighted by atomic mass is 32.2. The fraction of sp³-hybridized carbons (Fsp3) is 0.579. The number of benzene rings is 1. The summed E-state index contributed by atoms with van der Waals surface area (Å²) in [5, 5.41) is 0.776. The minimum atomic E-state index is -3.52. The van der Waals surface area contributed by atoms with Crippen molar-refractivity contribution in [1.29, 1.82) is 0 Å². The first-order chi connectivity index (χ1) is 12.9. The Morgan fingerprint density at radius 3 is 2.48 bits per heavy atom. The first-order valence-corrected chi connectivity index (χ1v) is 12.0. The van der Waals surface area contributed by atoms with Gasteiger partial charge < -0.3 is 4.57 Å². The van der Waals surface area contributed by atoms with Gasteiger partial charge in [-0.15, -0.1) is 0 Å². The van der Waals surface area contributed by atoms with Crippen LogP contribution in [0.25, 0.3) is 11.0 Å². The van der Waals surface area contributed by atoms with Crippen LogP contribution >= 0.6 is 11.8 Å². The number of thioether (sulfide) groups is 1. The molecule has 8 heteroatoms. The Labute approximate surface area is 166 Å². The van der Waals surface area contributed by atoms with Gasteiger partial charge in [-0.25, -0.2) is 13.4 Å². The van der Waals surface area contributed by atoms with Crippen molar-refractivity contribution >= 4 is 38.6 Å². The number of carbonyl (C=O) groups excluding carboxylic acids is 1. The number of aryl methyl sites for hydroxylation is 1. The molecule has 27 heavy (non-hydrogen) atoms. The first-order valence-electron chi connectivity index (χ1n) is 9.53. The summed E-state index contributed by atoms with van der Waals surface area (Å²) in [4.78, 5) is 16.6. The van der Waals surface area contributed by atoms with Gasteiger partial charge in [0.25, 0.3) is 0 Å².